The summed E-state index contributed by atoms with van der Waals surface area (Å²) in [4.78, 5) is 3.85. The molecule has 0 aromatic carbocycles. The first kappa shape index (κ1) is 11.7. The van der Waals surface area contributed by atoms with E-state index in [1.807, 2.05) is 19.1 Å². The molecule has 0 saturated heterocycles. The summed E-state index contributed by atoms with van der Waals surface area (Å²) in [7, 11) is 4.81. The van der Waals surface area contributed by atoms with Gasteiger partial charge in [0.1, 0.15) is 0 Å². The van der Waals surface area contributed by atoms with Crippen LogP contribution in [-0.4, -0.2) is 13.4 Å². The molecule has 0 radical (unpaired) electrons. The topological polar surface area (TPSA) is 47.0 Å². The van der Waals surface area contributed by atoms with Gasteiger partial charge in [-0.05, 0) is 24.6 Å². The molecule has 68 valence electrons. The summed E-state index contributed by atoms with van der Waals surface area (Å²) in [6.07, 6.45) is 3.57. The van der Waals surface area contributed by atoms with Gasteiger partial charge in [-0.25, -0.2) is 0 Å². The molecule has 1 rings (SSSR count). The minimum absolute atomic E-state index is 1.26. The van der Waals surface area contributed by atoms with Gasteiger partial charge in [-0.3, -0.25) is 4.98 Å². The van der Waals surface area contributed by atoms with Gasteiger partial charge < -0.3 is 0 Å². The molecule has 1 aromatic rings. The number of pyridine rings is 1. The SMILES string of the molecule is Cc1ccncc1.O=S(=O)(Cl)Cl. The van der Waals surface area contributed by atoms with E-state index in [-0.39, 0.29) is 0 Å². The molecule has 1 heterocycles. The van der Waals surface area contributed by atoms with Crippen LogP contribution in [0.1, 0.15) is 5.56 Å². The van der Waals surface area contributed by atoms with Crippen molar-refractivity contribution in [3.63, 3.8) is 0 Å². The van der Waals surface area contributed by atoms with Gasteiger partial charge in [0, 0.05) is 33.8 Å². The molecule has 3 nitrogen and oxygen atoms in total. The molecule has 0 aliphatic heterocycles. The highest BCUT2D eigenvalue weighted by molar-refractivity contribution is 8.31. The summed E-state index contributed by atoms with van der Waals surface area (Å²) in [6.45, 7) is 2.04. The number of rotatable bonds is 0. The Morgan fingerprint density at radius 3 is 1.75 bits per heavy atom. The smallest absolute Gasteiger partial charge is 0.265 e. The van der Waals surface area contributed by atoms with E-state index in [4.69, 9.17) is 8.42 Å². The van der Waals surface area contributed by atoms with Gasteiger partial charge in [0.05, 0.1) is 0 Å². The number of aryl methyl sites for hydroxylation is 1. The van der Waals surface area contributed by atoms with Gasteiger partial charge in [-0.2, -0.15) is 8.42 Å². The van der Waals surface area contributed by atoms with Crippen molar-refractivity contribution in [2.45, 2.75) is 6.92 Å². The fourth-order valence-corrected chi connectivity index (χ4v) is 0.426. The Bertz CT molecular complexity index is 304. The normalized spacial score (nSPS) is 9.92. The van der Waals surface area contributed by atoms with Crippen LogP contribution >= 0.6 is 21.4 Å². The fourth-order valence-electron chi connectivity index (χ4n) is 0.426. The Balaban J connectivity index is 0.000000217. The number of hydrogen-bond acceptors (Lipinski definition) is 3. The molecule has 12 heavy (non-hydrogen) atoms. The summed E-state index contributed by atoms with van der Waals surface area (Å²) in [5, 5.41) is 0. The number of nitrogens with zero attached hydrogens (tertiary/aromatic N) is 1. The second-order valence-electron chi connectivity index (χ2n) is 1.90. The highest BCUT2D eigenvalue weighted by Gasteiger charge is 1.88. The maximum absolute atomic E-state index is 9.16. The van der Waals surface area contributed by atoms with Crippen LogP contribution in [0.25, 0.3) is 0 Å². The molecule has 0 spiro atoms. The van der Waals surface area contributed by atoms with E-state index >= 15 is 0 Å². The minimum atomic E-state index is -3.72. The highest BCUT2D eigenvalue weighted by Crippen LogP contribution is 1.98. The van der Waals surface area contributed by atoms with Crippen molar-refractivity contribution in [1.82, 2.24) is 4.98 Å². The van der Waals surface area contributed by atoms with Crippen LogP contribution in [0.5, 0.6) is 0 Å². The molecule has 1 aromatic heterocycles. The number of aromatic nitrogens is 1. The second-order valence-corrected chi connectivity index (χ2v) is 5.57. The predicted molar refractivity (Wildman–Crippen MR) is 49.6 cm³/mol. The molecule has 0 atom stereocenters. The average molecular weight is 228 g/mol. The summed E-state index contributed by atoms with van der Waals surface area (Å²) in [5.41, 5.74) is 1.26. The van der Waals surface area contributed by atoms with Gasteiger partial charge in [-0.1, -0.05) is 0 Å². The largest absolute Gasteiger partial charge is 0.317 e. The Labute approximate surface area is 80.3 Å². The zero-order valence-corrected chi connectivity index (χ0v) is 8.57. The number of hydrogen-bond donors (Lipinski definition) is 0. The molecule has 0 N–H and O–H groups in total. The number of halogens is 2. The second kappa shape index (κ2) is 5.35. The quantitative estimate of drug-likeness (QED) is 0.639. The van der Waals surface area contributed by atoms with Crippen molar-refractivity contribution in [1.29, 1.82) is 0 Å². The van der Waals surface area contributed by atoms with Gasteiger partial charge in [0.25, 0.3) is 0 Å². The van der Waals surface area contributed by atoms with Crippen molar-refractivity contribution in [3.05, 3.63) is 30.1 Å². The Morgan fingerprint density at radius 2 is 1.58 bits per heavy atom. The van der Waals surface area contributed by atoms with Crippen LogP contribution in [0, 0.1) is 6.92 Å². The van der Waals surface area contributed by atoms with E-state index in [0.717, 1.165) is 0 Å². The maximum Gasteiger partial charge on any atom is 0.317 e. The highest BCUT2D eigenvalue weighted by atomic mass is 36.0. The maximum atomic E-state index is 9.16. The summed E-state index contributed by atoms with van der Waals surface area (Å²) >= 11 is 0. The molecule has 0 amide bonds. The van der Waals surface area contributed by atoms with E-state index in [2.05, 4.69) is 26.3 Å². The molecule has 0 saturated carbocycles. The van der Waals surface area contributed by atoms with Crippen LogP contribution in [-0.2, 0) is 8.26 Å². The van der Waals surface area contributed by atoms with E-state index in [0.29, 0.717) is 0 Å². The van der Waals surface area contributed by atoms with Crippen LogP contribution in [0.4, 0.5) is 0 Å². The van der Waals surface area contributed by atoms with Gasteiger partial charge in [0.2, 0.25) is 0 Å². The monoisotopic (exact) mass is 227 g/mol. The third-order valence-corrected chi connectivity index (χ3v) is 0.847. The fraction of sp³-hybridized carbons (Fsp3) is 0.167. The molecule has 0 aliphatic rings. The first-order valence-electron chi connectivity index (χ1n) is 2.90. The minimum Gasteiger partial charge on any atom is -0.265 e. The van der Waals surface area contributed by atoms with E-state index in [1.54, 1.807) is 12.4 Å². The standard InChI is InChI=1S/C6H7N.Cl2O2S/c1-6-2-4-7-5-3-6;1-5(2,3)4/h2-5H,1H3;. The predicted octanol–water partition coefficient (Wildman–Crippen LogP) is 2.10. The van der Waals surface area contributed by atoms with Crippen molar-refractivity contribution in [3.8, 4) is 0 Å². The molecule has 0 aliphatic carbocycles. The lowest BCUT2D eigenvalue weighted by atomic mass is 10.3. The third-order valence-electron chi connectivity index (χ3n) is 0.847. The summed E-state index contributed by atoms with van der Waals surface area (Å²) < 4.78 is 18.3. The molecular weight excluding hydrogens is 221 g/mol. The molecule has 0 unspecified atom stereocenters. The molecule has 6 heteroatoms. The first-order chi connectivity index (χ1) is 5.39. The molecular formula is C6H7Cl2NO2S. The molecule has 0 fully saturated rings. The van der Waals surface area contributed by atoms with Crippen molar-refractivity contribution >= 4 is 29.6 Å². The van der Waals surface area contributed by atoms with Crippen LogP contribution in [0.15, 0.2) is 24.5 Å². The zero-order chi connectivity index (χ0) is 9.61. The molecule has 0 bridgehead atoms. The third kappa shape index (κ3) is 12.4. The van der Waals surface area contributed by atoms with Gasteiger partial charge in [0.15, 0.2) is 0 Å². The Morgan fingerprint density at radius 1 is 1.25 bits per heavy atom. The summed E-state index contributed by atoms with van der Waals surface area (Å²) in [5.74, 6) is 0. The zero-order valence-electron chi connectivity index (χ0n) is 6.24. The lowest BCUT2D eigenvalue weighted by Gasteiger charge is -1.82. The lowest BCUT2D eigenvalue weighted by molar-refractivity contribution is 0.621. The van der Waals surface area contributed by atoms with Crippen molar-refractivity contribution in [2.24, 2.45) is 0 Å². The van der Waals surface area contributed by atoms with Gasteiger partial charge in [-0.15, -0.1) is 0 Å². The summed E-state index contributed by atoms with van der Waals surface area (Å²) in [6, 6.07) is 3.94. The average Bonchev–Trinajstić information content (AvgIpc) is 1.85. The van der Waals surface area contributed by atoms with Crippen molar-refractivity contribution in [2.75, 3.05) is 0 Å². The Hall–Kier alpha value is -0.320. The van der Waals surface area contributed by atoms with Crippen LogP contribution in [0.3, 0.4) is 0 Å². The lowest BCUT2D eigenvalue weighted by Crippen LogP contribution is -1.68. The van der Waals surface area contributed by atoms with Gasteiger partial charge >= 0.3 is 8.26 Å². The van der Waals surface area contributed by atoms with E-state index in [9.17, 15) is 0 Å². The van der Waals surface area contributed by atoms with Crippen molar-refractivity contribution < 1.29 is 8.42 Å². The van der Waals surface area contributed by atoms with Crippen LogP contribution in [0.2, 0.25) is 0 Å². The first-order valence-corrected chi connectivity index (χ1v) is 6.04. The van der Waals surface area contributed by atoms with E-state index in [1.165, 1.54) is 5.56 Å². The van der Waals surface area contributed by atoms with E-state index < -0.39 is 8.26 Å². The Kier molecular flexibility index (Phi) is 5.20. The van der Waals surface area contributed by atoms with Crippen LogP contribution < -0.4 is 0 Å².